The summed E-state index contributed by atoms with van der Waals surface area (Å²) in [6.45, 7) is 2.14. The third-order valence-electron chi connectivity index (χ3n) is 6.99. The fourth-order valence-electron chi connectivity index (χ4n) is 5.62. The summed E-state index contributed by atoms with van der Waals surface area (Å²) in [5.41, 5.74) is 8.95. The van der Waals surface area contributed by atoms with Gasteiger partial charge >= 0.3 is 6.35 Å². The van der Waals surface area contributed by atoms with Crippen molar-refractivity contribution >= 4 is 28.3 Å². The summed E-state index contributed by atoms with van der Waals surface area (Å²) < 4.78 is 3.64. The molecular formula is C31H25BO. The van der Waals surface area contributed by atoms with Crippen molar-refractivity contribution in [3.8, 4) is 0 Å². The molecule has 0 spiro atoms. The number of hydrogen-bond donors (Lipinski definition) is 0. The van der Waals surface area contributed by atoms with Crippen molar-refractivity contribution in [1.29, 1.82) is 0 Å². The first-order valence-corrected chi connectivity index (χ1v) is 11.6. The highest BCUT2D eigenvalue weighted by atomic mass is 16.5. The van der Waals surface area contributed by atoms with Crippen molar-refractivity contribution in [1.82, 2.24) is 0 Å². The summed E-state index contributed by atoms with van der Waals surface area (Å²) >= 11 is 0. The lowest BCUT2D eigenvalue weighted by molar-refractivity contribution is 0.376. The second-order valence-electron chi connectivity index (χ2n) is 8.86. The Morgan fingerprint density at radius 3 is 1.64 bits per heavy atom. The number of benzene rings is 4. The monoisotopic (exact) mass is 424 g/mol. The average molecular weight is 424 g/mol. The normalized spacial score (nSPS) is 14.3. The summed E-state index contributed by atoms with van der Waals surface area (Å²) in [6, 6.07) is 46.1. The molecule has 0 aliphatic carbocycles. The molecular weight excluding hydrogens is 399 g/mol. The summed E-state index contributed by atoms with van der Waals surface area (Å²) in [4.78, 5) is 0. The molecule has 0 unspecified atom stereocenters. The van der Waals surface area contributed by atoms with Crippen molar-refractivity contribution in [3.05, 3.63) is 156 Å². The lowest BCUT2D eigenvalue weighted by Gasteiger charge is -2.39. The van der Waals surface area contributed by atoms with Gasteiger partial charge in [0.25, 0.3) is 0 Å². The Kier molecular flexibility index (Phi) is 4.66. The third-order valence-corrected chi connectivity index (χ3v) is 6.99. The van der Waals surface area contributed by atoms with Crippen LogP contribution in [0, 0.1) is 6.92 Å². The maximum absolute atomic E-state index is 3.64. The van der Waals surface area contributed by atoms with Crippen LogP contribution in [0.4, 0.5) is 0 Å². The Bertz CT molecular complexity index is 1390. The van der Waals surface area contributed by atoms with Gasteiger partial charge in [0.05, 0.1) is 0 Å². The molecule has 0 atom stereocenters. The zero-order valence-electron chi connectivity index (χ0n) is 18.7. The maximum Gasteiger partial charge on any atom is 0.421 e. The average Bonchev–Trinajstić information content (AvgIpc) is 3.46. The Hall–Kier alpha value is -4.04. The van der Waals surface area contributed by atoms with Crippen LogP contribution in [0.3, 0.4) is 0 Å². The van der Waals surface area contributed by atoms with Crippen LogP contribution in [0.1, 0.15) is 22.5 Å². The van der Waals surface area contributed by atoms with E-state index in [1.165, 1.54) is 44.4 Å². The van der Waals surface area contributed by atoms with Crippen LogP contribution in [0.2, 0.25) is 0 Å². The van der Waals surface area contributed by atoms with E-state index >= 15 is 0 Å². The van der Waals surface area contributed by atoms with Gasteiger partial charge in [-0.1, -0.05) is 126 Å². The molecule has 1 aliphatic heterocycles. The molecule has 0 bridgehead atoms. The molecule has 1 aromatic heterocycles. The number of aryl methyl sites for hydroxylation is 1. The standard InChI is InChI=1S/C31H25BO/c1-24-19-21-25(22-20-24)30-29-18-11-23-33(29)32(27-14-7-3-8-15-27,28-16-9-4-10-17-28)31(30)26-12-5-2-6-13-26/h2-23H,1H3. The molecule has 2 heteroatoms. The maximum atomic E-state index is 3.64. The van der Waals surface area contributed by atoms with E-state index in [0.717, 1.165) is 0 Å². The lowest BCUT2D eigenvalue weighted by Crippen LogP contribution is -2.59. The van der Waals surface area contributed by atoms with Gasteiger partial charge in [-0.15, -0.1) is 10.9 Å². The molecule has 5 aromatic rings. The molecule has 4 aromatic carbocycles. The van der Waals surface area contributed by atoms with Gasteiger partial charge in [0.1, 0.15) is 0 Å². The fraction of sp³-hybridized carbons (Fsp3) is 0.0323. The van der Waals surface area contributed by atoms with E-state index in [9.17, 15) is 0 Å². The molecule has 0 radical (unpaired) electrons. The summed E-state index contributed by atoms with van der Waals surface area (Å²) in [7, 11) is 0. The van der Waals surface area contributed by atoms with Crippen LogP contribution >= 0.6 is 0 Å². The van der Waals surface area contributed by atoms with Gasteiger partial charge in [-0.25, -0.2) is 0 Å². The van der Waals surface area contributed by atoms with E-state index in [1.54, 1.807) is 0 Å². The van der Waals surface area contributed by atoms with Crippen molar-refractivity contribution in [3.63, 3.8) is 0 Å². The number of fused-ring (bicyclic) bond motifs is 1. The first-order valence-electron chi connectivity index (χ1n) is 11.6. The van der Waals surface area contributed by atoms with Crippen LogP contribution in [-0.4, -0.2) is 6.35 Å². The van der Waals surface area contributed by atoms with Crippen molar-refractivity contribution < 1.29 is 3.96 Å². The molecule has 0 amide bonds. The second-order valence-corrected chi connectivity index (χ2v) is 8.86. The highest BCUT2D eigenvalue weighted by molar-refractivity contribution is 7.13. The minimum Gasteiger partial charge on any atom is -0.777 e. The Labute approximate surface area is 195 Å². The predicted octanol–water partition coefficient (Wildman–Crippen LogP) is 6.40. The molecule has 0 fully saturated rings. The first-order chi connectivity index (χ1) is 16.3. The van der Waals surface area contributed by atoms with Crippen LogP contribution in [-0.2, 0) is 0 Å². The summed E-state index contributed by atoms with van der Waals surface area (Å²) in [6.07, 6.45) is 0.675. The number of hydrogen-bond acceptors (Lipinski definition) is 0. The number of rotatable bonds is 4. The predicted molar refractivity (Wildman–Crippen MR) is 140 cm³/mol. The van der Waals surface area contributed by atoms with Gasteiger partial charge in [-0.05, 0) is 18.1 Å². The fourth-order valence-corrected chi connectivity index (χ4v) is 5.62. The van der Waals surface area contributed by atoms with E-state index in [2.05, 4.69) is 145 Å². The topological polar surface area (TPSA) is 2.70 Å². The highest BCUT2D eigenvalue weighted by Gasteiger charge is 2.52. The summed E-state index contributed by atoms with van der Waals surface area (Å²) in [5, 5.41) is 0. The Morgan fingerprint density at radius 1 is 0.515 bits per heavy atom. The number of furan rings is 1. The Morgan fingerprint density at radius 2 is 1.06 bits per heavy atom. The smallest absolute Gasteiger partial charge is 0.421 e. The highest BCUT2D eigenvalue weighted by Crippen LogP contribution is 2.49. The first kappa shape index (κ1) is 19.6. The molecule has 158 valence electrons. The van der Waals surface area contributed by atoms with Gasteiger partial charge in [-0.3, -0.25) is 0 Å². The van der Waals surface area contributed by atoms with Gasteiger partial charge in [0, 0.05) is 17.7 Å². The van der Waals surface area contributed by atoms with E-state index in [1.807, 2.05) is 0 Å². The molecule has 2 heterocycles. The third kappa shape index (κ3) is 2.95. The molecule has 0 saturated heterocycles. The minimum absolute atomic E-state index is 1.19. The van der Waals surface area contributed by atoms with Crippen LogP contribution < -0.4 is 10.9 Å². The van der Waals surface area contributed by atoms with Gasteiger partial charge in [0.15, 0.2) is 6.26 Å². The Balaban J connectivity index is 1.81. The molecule has 33 heavy (non-hydrogen) atoms. The van der Waals surface area contributed by atoms with E-state index < -0.39 is 6.35 Å². The van der Waals surface area contributed by atoms with E-state index in [4.69, 9.17) is 0 Å². The second kappa shape index (κ2) is 7.83. The van der Waals surface area contributed by atoms with Crippen LogP contribution in [0.15, 0.2) is 138 Å². The zero-order chi connectivity index (χ0) is 22.3. The van der Waals surface area contributed by atoms with Crippen molar-refractivity contribution in [2.75, 3.05) is 0 Å². The molecule has 6 rings (SSSR count). The molecule has 1 nitrogen and oxygen atoms in total. The van der Waals surface area contributed by atoms with Gasteiger partial charge < -0.3 is 3.96 Å². The van der Waals surface area contributed by atoms with E-state index in [-0.39, 0.29) is 0 Å². The summed E-state index contributed by atoms with van der Waals surface area (Å²) in [5.74, 6) is 1.19. The SMILES string of the molecule is Cc1ccc(C2=C(c3ccccc3)[B-](c3ccccc3)(c3ccccc3)[o+]3cccc32)cc1. The van der Waals surface area contributed by atoms with Crippen molar-refractivity contribution in [2.45, 2.75) is 6.92 Å². The minimum atomic E-state index is -1.51. The zero-order valence-corrected chi connectivity index (χ0v) is 18.7. The largest absolute Gasteiger partial charge is 0.777 e. The van der Waals surface area contributed by atoms with Crippen LogP contribution in [0.25, 0.3) is 11.0 Å². The van der Waals surface area contributed by atoms with Gasteiger partial charge in [-0.2, -0.15) is 0 Å². The molecule has 0 saturated carbocycles. The lowest BCUT2D eigenvalue weighted by atomic mass is 9.27. The van der Waals surface area contributed by atoms with Gasteiger partial charge in [0.2, 0.25) is 5.76 Å². The van der Waals surface area contributed by atoms with Crippen LogP contribution in [0.5, 0.6) is 0 Å². The quantitative estimate of drug-likeness (QED) is 0.232. The molecule has 0 N–H and O–H groups in total. The van der Waals surface area contributed by atoms with E-state index in [0.29, 0.717) is 0 Å². The van der Waals surface area contributed by atoms with Crippen molar-refractivity contribution in [2.24, 2.45) is 0 Å². The molecule has 1 aliphatic rings.